The van der Waals surface area contributed by atoms with Crippen molar-refractivity contribution in [3.63, 3.8) is 0 Å². The lowest BCUT2D eigenvalue weighted by Gasteiger charge is -2.07. The minimum absolute atomic E-state index is 0.0521. The molecule has 0 spiro atoms. The number of nitrogens with one attached hydrogen (secondary N) is 1. The van der Waals surface area contributed by atoms with Gasteiger partial charge in [-0.2, -0.15) is 5.26 Å². The molecule has 0 fully saturated rings. The van der Waals surface area contributed by atoms with Crippen molar-refractivity contribution < 1.29 is 14.3 Å². The van der Waals surface area contributed by atoms with Crippen molar-refractivity contribution in [1.29, 1.82) is 5.26 Å². The zero-order chi connectivity index (χ0) is 17.9. The Bertz CT molecular complexity index is 750. The highest BCUT2D eigenvalue weighted by molar-refractivity contribution is 6.01. The molecule has 128 valence electrons. The first kappa shape index (κ1) is 18.2. The van der Waals surface area contributed by atoms with Crippen molar-refractivity contribution in [2.45, 2.75) is 6.42 Å². The van der Waals surface area contributed by atoms with Crippen LogP contribution in [0.5, 0.6) is 5.75 Å². The molecular weight excluding hydrogens is 318 g/mol. The maximum atomic E-state index is 12.1. The van der Waals surface area contributed by atoms with Crippen molar-refractivity contribution in [2.24, 2.45) is 0 Å². The number of ether oxygens (including phenoxy) is 2. The Morgan fingerprint density at radius 2 is 2.12 bits per heavy atom. The Morgan fingerprint density at radius 1 is 1.32 bits per heavy atom. The van der Waals surface area contributed by atoms with E-state index in [2.05, 4.69) is 10.3 Å². The third-order valence-electron chi connectivity index (χ3n) is 3.33. The minimum atomic E-state index is -0.397. The van der Waals surface area contributed by atoms with Crippen LogP contribution in [-0.4, -0.2) is 31.3 Å². The summed E-state index contributed by atoms with van der Waals surface area (Å²) in [5.41, 5.74) is 1.82. The SMILES string of the molecule is COCOc1ccc(CCNC(=O)C(C#N)=Cc2cccnc2)cc1. The molecule has 2 rings (SSSR count). The Hall–Kier alpha value is -3.17. The molecule has 1 aromatic heterocycles. The summed E-state index contributed by atoms with van der Waals surface area (Å²) < 4.78 is 10.2. The number of nitriles is 1. The molecule has 6 nitrogen and oxygen atoms in total. The van der Waals surface area contributed by atoms with Gasteiger partial charge in [-0.15, -0.1) is 0 Å². The molecule has 0 aliphatic heterocycles. The van der Waals surface area contributed by atoms with Crippen molar-refractivity contribution in [2.75, 3.05) is 20.4 Å². The number of aromatic nitrogens is 1. The van der Waals surface area contributed by atoms with Gasteiger partial charge in [0.05, 0.1) is 0 Å². The van der Waals surface area contributed by atoms with Gasteiger partial charge in [0.25, 0.3) is 5.91 Å². The van der Waals surface area contributed by atoms with Gasteiger partial charge in [-0.3, -0.25) is 9.78 Å². The van der Waals surface area contributed by atoms with Gasteiger partial charge < -0.3 is 14.8 Å². The minimum Gasteiger partial charge on any atom is -0.468 e. The summed E-state index contributed by atoms with van der Waals surface area (Å²) in [4.78, 5) is 16.0. The number of methoxy groups -OCH3 is 1. The number of hydrogen-bond acceptors (Lipinski definition) is 5. The molecule has 0 radical (unpaired) electrons. The number of nitrogens with zero attached hydrogens (tertiary/aromatic N) is 2. The molecule has 6 heteroatoms. The molecule has 1 N–H and O–H groups in total. The fraction of sp³-hybridized carbons (Fsp3) is 0.211. The third kappa shape index (κ3) is 6.09. The molecule has 1 aromatic carbocycles. The molecular formula is C19H19N3O3. The van der Waals surface area contributed by atoms with Crippen molar-refractivity contribution in [3.05, 3.63) is 65.5 Å². The van der Waals surface area contributed by atoms with Gasteiger partial charge in [0.2, 0.25) is 0 Å². The van der Waals surface area contributed by atoms with E-state index in [9.17, 15) is 4.79 Å². The standard InChI is InChI=1S/C19H19N3O3/c1-24-14-25-18-6-4-15(5-7-18)8-10-22-19(23)17(12-20)11-16-3-2-9-21-13-16/h2-7,9,11,13H,8,10,14H2,1H3,(H,22,23). The number of amides is 1. The van der Waals surface area contributed by atoms with Crippen LogP contribution >= 0.6 is 0 Å². The number of hydrogen-bond donors (Lipinski definition) is 1. The van der Waals surface area contributed by atoms with Crippen LogP contribution in [0.2, 0.25) is 0 Å². The van der Waals surface area contributed by atoms with Gasteiger partial charge in [-0.05, 0) is 41.8 Å². The van der Waals surface area contributed by atoms with Crippen molar-refractivity contribution in [3.8, 4) is 11.8 Å². The van der Waals surface area contributed by atoms with E-state index >= 15 is 0 Å². The molecule has 0 saturated heterocycles. The average Bonchev–Trinajstić information content (AvgIpc) is 2.66. The maximum Gasteiger partial charge on any atom is 0.261 e. The molecule has 0 bridgehead atoms. The molecule has 0 unspecified atom stereocenters. The first-order valence-electron chi connectivity index (χ1n) is 7.73. The summed E-state index contributed by atoms with van der Waals surface area (Å²) in [5.74, 6) is 0.326. The molecule has 1 amide bonds. The summed E-state index contributed by atoms with van der Waals surface area (Å²) in [5, 5.41) is 11.9. The van der Waals surface area contributed by atoms with Crippen LogP contribution in [0, 0.1) is 11.3 Å². The highest BCUT2D eigenvalue weighted by Gasteiger charge is 2.08. The molecule has 0 aliphatic carbocycles. The zero-order valence-electron chi connectivity index (χ0n) is 13.9. The second kappa shape index (κ2) is 9.85. The van der Waals surface area contributed by atoms with E-state index in [1.54, 1.807) is 31.6 Å². The molecule has 0 atom stereocenters. The fourth-order valence-corrected chi connectivity index (χ4v) is 2.07. The predicted molar refractivity (Wildman–Crippen MR) is 93.5 cm³/mol. The van der Waals surface area contributed by atoms with Gasteiger partial charge in [-0.1, -0.05) is 18.2 Å². The topological polar surface area (TPSA) is 84.2 Å². The Labute approximate surface area is 146 Å². The van der Waals surface area contributed by atoms with Crippen LogP contribution < -0.4 is 10.1 Å². The Morgan fingerprint density at radius 3 is 2.76 bits per heavy atom. The highest BCUT2D eigenvalue weighted by atomic mass is 16.7. The molecule has 1 heterocycles. The Kier molecular flexibility index (Phi) is 7.16. The van der Waals surface area contributed by atoms with E-state index in [-0.39, 0.29) is 12.4 Å². The normalized spacial score (nSPS) is 10.8. The van der Waals surface area contributed by atoms with E-state index in [0.717, 1.165) is 11.3 Å². The van der Waals surface area contributed by atoms with E-state index in [4.69, 9.17) is 14.7 Å². The molecule has 0 saturated carbocycles. The van der Waals surface area contributed by atoms with Crippen LogP contribution in [-0.2, 0) is 16.0 Å². The van der Waals surface area contributed by atoms with Crippen LogP contribution in [0.15, 0.2) is 54.4 Å². The van der Waals surface area contributed by atoms with Crippen molar-refractivity contribution in [1.82, 2.24) is 10.3 Å². The van der Waals surface area contributed by atoms with Crippen LogP contribution in [0.1, 0.15) is 11.1 Å². The maximum absolute atomic E-state index is 12.1. The van der Waals surface area contributed by atoms with Gasteiger partial charge >= 0.3 is 0 Å². The Balaban J connectivity index is 1.85. The van der Waals surface area contributed by atoms with Gasteiger partial charge in [0.15, 0.2) is 6.79 Å². The summed E-state index contributed by atoms with van der Waals surface area (Å²) >= 11 is 0. The van der Waals surface area contributed by atoms with E-state index in [0.29, 0.717) is 18.5 Å². The van der Waals surface area contributed by atoms with Crippen LogP contribution in [0.3, 0.4) is 0 Å². The molecule has 2 aromatic rings. The predicted octanol–water partition coefficient (Wildman–Crippen LogP) is 2.33. The first-order valence-corrected chi connectivity index (χ1v) is 7.73. The number of pyridine rings is 1. The third-order valence-corrected chi connectivity index (χ3v) is 3.33. The van der Waals surface area contributed by atoms with Crippen molar-refractivity contribution >= 4 is 12.0 Å². The summed E-state index contributed by atoms with van der Waals surface area (Å²) in [6.07, 6.45) is 5.40. The quantitative estimate of drug-likeness (QED) is 0.454. The number of carbonyl (C=O) groups excluding carboxylic acids is 1. The fourth-order valence-electron chi connectivity index (χ4n) is 2.07. The average molecular weight is 337 g/mol. The lowest BCUT2D eigenvalue weighted by Crippen LogP contribution is -2.26. The van der Waals surface area contributed by atoms with E-state index in [1.165, 1.54) is 6.08 Å². The second-order valence-corrected chi connectivity index (χ2v) is 5.16. The van der Waals surface area contributed by atoms with Gasteiger partial charge in [-0.25, -0.2) is 0 Å². The molecule has 0 aliphatic rings. The monoisotopic (exact) mass is 337 g/mol. The number of benzene rings is 1. The first-order chi connectivity index (χ1) is 12.2. The van der Waals surface area contributed by atoms with E-state index in [1.807, 2.05) is 30.3 Å². The number of rotatable bonds is 8. The summed E-state index contributed by atoms with van der Waals surface area (Å²) in [6, 6.07) is 13.0. The molecule has 25 heavy (non-hydrogen) atoms. The van der Waals surface area contributed by atoms with Gasteiger partial charge in [0.1, 0.15) is 17.4 Å². The number of carbonyl (C=O) groups is 1. The largest absolute Gasteiger partial charge is 0.468 e. The van der Waals surface area contributed by atoms with Crippen LogP contribution in [0.25, 0.3) is 6.08 Å². The lowest BCUT2D eigenvalue weighted by molar-refractivity contribution is -0.117. The second-order valence-electron chi connectivity index (χ2n) is 5.16. The van der Waals surface area contributed by atoms with E-state index < -0.39 is 5.91 Å². The van der Waals surface area contributed by atoms with Crippen LogP contribution in [0.4, 0.5) is 0 Å². The summed E-state index contributed by atoms with van der Waals surface area (Å²) in [7, 11) is 1.56. The van der Waals surface area contributed by atoms with Gasteiger partial charge in [0, 0.05) is 26.0 Å². The lowest BCUT2D eigenvalue weighted by atomic mass is 10.1. The zero-order valence-corrected chi connectivity index (χ0v) is 13.9. The smallest absolute Gasteiger partial charge is 0.261 e. The highest BCUT2D eigenvalue weighted by Crippen LogP contribution is 2.12. The summed E-state index contributed by atoms with van der Waals surface area (Å²) in [6.45, 7) is 0.638.